The van der Waals surface area contributed by atoms with Gasteiger partial charge in [0, 0.05) is 41.5 Å². The molecule has 2 amide bonds. The second-order valence-corrected chi connectivity index (χ2v) is 8.03. The Bertz CT molecular complexity index is 1060. The minimum atomic E-state index is -0.149. The molecular weight excluding hydrogens is 384 g/mol. The van der Waals surface area contributed by atoms with E-state index in [1.54, 1.807) is 42.6 Å². The number of nitrogens with one attached hydrogen (secondary N) is 2. The second-order valence-electron chi connectivity index (χ2n) is 6.97. The predicted molar refractivity (Wildman–Crippen MR) is 117 cm³/mol. The van der Waals surface area contributed by atoms with Crippen LogP contribution in [0.15, 0.2) is 47.8 Å². The third kappa shape index (κ3) is 4.14. The Kier molecular flexibility index (Phi) is 5.31. The van der Waals surface area contributed by atoms with E-state index in [0.717, 1.165) is 34.9 Å². The van der Waals surface area contributed by atoms with Crippen molar-refractivity contribution in [2.75, 3.05) is 30.4 Å². The summed E-state index contributed by atoms with van der Waals surface area (Å²) in [6.07, 6.45) is 0.917. The number of aromatic nitrogens is 1. The van der Waals surface area contributed by atoms with Crippen LogP contribution in [0.3, 0.4) is 0 Å². The first kappa shape index (κ1) is 19.1. The maximum Gasteiger partial charge on any atom is 0.251 e. The van der Waals surface area contributed by atoms with Crippen LogP contribution in [0.25, 0.3) is 11.3 Å². The van der Waals surface area contributed by atoms with Gasteiger partial charge in [0.15, 0.2) is 0 Å². The van der Waals surface area contributed by atoms with Gasteiger partial charge in [-0.2, -0.15) is 0 Å². The molecule has 1 aliphatic rings. The van der Waals surface area contributed by atoms with Crippen molar-refractivity contribution >= 4 is 34.5 Å². The normalized spacial score (nSPS) is 12.6. The van der Waals surface area contributed by atoms with Crippen molar-refractivity contribution in [3.8, 4) is 11.3 Å². The second kappa shape index (κ2) is 8.05. The van der Waals surface area contributed by atoms with Gasteiger partial charge < -0.3 is 15.5 Å². The van der Waals surface area contributed by atoms with Gasteiger partial charge >= 0.3 is 0 Å². The molecule has 0 atom stereocenters. The standard InChI is InChI=1S/C22H22N4O2S/c1-14-24-19(13-29-14)16-5-8-20-17(11-16)9-10-26(20)12-21(27)25-18-6-3-15(4-7-18)22(28)23-2/h3-8,11,13H,9-10,12H2,1-2H3,(H,23,28)(H,25,27). The molecule has 6 nitrogen and oxygen atoms in total. The lowest BCUT2D eigenvalue weighted by Crippen LogP contribution is -2.31. The molecule has 1 aromatic heterocycles. The van der Waals surface area contributed by atoms with Gasteiger partial charge in [-0.05, 0) is 55.3 Å². The van der Waals surface area contributed by atoms with Crippen LogP contribution < -0.4 is 15.5 Å². The first-order valence-corrected chi connectivity index (χ1v) is 10.3. The number of benzene rings is 2. The number of carbonyl (C=O) groups is 2. The fraction of sp³-hybridized carbons (Fsp3) is 0.227. The van der Waals surface area contributed by atoms with Crippen molar-refractivity contribution in [3.63, 3.8) is 0 Å². The fourth-order valence-electron chi connectivity index (χ4n) is 3.51. The summed E-state index contributed by atoms with van der Waals surface area (Å²) in [7, 11) is 1.59. The van der Waals surface area contributed by atoms with E-state index in [2.05, 4.69) is 44.1 Å². The molecule has 0 unspecified atom stereocenters. The monoisotopic (exact) mass is 406 g/mol. The van der Waals surface area contributed by atoms with E-state index in [0.29, 0.717) is 17.8 Å². The van der Waals surface area contributed by atoms with Gasteiger partial charge in [0.2, 0.25) is 5.91 Å². The number of fused-ring (bicyclic) bond motifs is 1. The fourth-order valence-corrected chi connectivity index (χ4v) is 4.13. The van der Waals surface area contributed by atoms with Gasteiger partial charge in [0.1, 0.15) is 0 Å². The van der Waals surface area contributed by atoms with E-state index in [1.807, 2.05) is 6.92 Å². The highest BCUT2D eigenvalue weighted by Gasteiger charge is 2.22. The maximum atomic E-state index is 12.5. The van der Waals surface area contributed by atoms with E-state index in [9.17, 15) is 9.59 Å². The summed E-state index contributed by atoms with van der Waals surface area (Å²) in [6, 6.07) is 13.2. The predicted octanol–water partition coefficient (Wildman–Crippen LogP) is 3.48. The van der Waals surface area contributed by atoms with Crippen molar-refractivity contribution in [1.82, 2.24) is 10.3 Å². The zero-order chi connectivity index (χ0) is 20.4. The van der Waals surface area contributed by atoms with Gasteiger partial charge in [0.05, 0.1) is 17.2 Å². The third-order valence-corrected chi connectivity index (χ3v) is 5.75. The Morgan fingerprint density at radius 1 is 1.17 bits per heavy atom. The van der Waals surface area contributed by atoms with Gasteiger partial charge in [-0.25, -0.2) is 4.98 Å². The number of anilines is 2. The number of hydrogen-bond acceptors (Lipinski definition) is 5. The highest BCUT2D eigenvalue weighted by atomic mass is 32.1. The summed E-state index contributed by atoms with van der Waals surface area (Å²) in [5.41, 5.74) is 5.71. The van der Waals surface area contributed by atoms with Gasteiger partial charge in [0.25, 0.3) is 5.91 Å². The molecule has 0 radical (unpaired) electrons. The summed E-state index contributed by atoms with van der Waals surface area (Å²) in [5.74, 6) is -0.228. The van der Waals surface area contributed by atoms with Crippen molar-refractivity contribution < 1.29 is 9.59 Å². The van der Waals surface area contributed by atoms with Gasteiger partial charge in [-0.3, -0.25) is 9.59 Å². The molecule has 0 saturated heterocycles. The van der Waals surface area contributed by atoms with Crippen molar-refractivity contribution in [3.05, 3.63) is 64.0 Å². The van der Waals surface area contributed by atoms with E-state index < -0.39 is 0 Å². The molecule has 2 aromatic carbocycles. The molecule has 148 valence electrons. The first-order chi connectivity index (χ1) is 14.0. The number of nitrogens with zero attached hydrogens (tertiary/aromatic N) is 2. The molecule has 2 heterocycles. The van der Waals surface area contributed by atoms with Crippen molar-refractivity contribution in [2.45, 2.75) is 13.3 Å². The molecule has 1 aliphatic heterocycles. The van der Waals surface area contributed by atoms with Crippen molar-refractivity contribution in [2.24, 2.45) is 0 Å². The Morgan fingerprint density at radius 2 is 1.97 bits per heavy atom. The van der Waals surface area contributed by atoms with E-state index in [-0.39, 0.29) is 11.8 Å². The van der Waals surface area contributed by atoms with E-state index in [4.69, 9.17) is 0 Å². The zero-order valence-electron chi connectivity index (χ0n) is 16.4. The number of carbonyl (C=O) groups excluding carboxylic acids is 2. The number of hydrogen-bond donors (Lipinski definition) is 2. The third-order valence-electron chi connectivity index (χ3n) is 4.98. The highest BCUT2D eigenvalue weighted by Crippen LogP contribution is 2.32. The largest absolute Gasteiger partial charge is 0.362 e. The summed E-state index contributed by atoms with van der Waals surface area (Å²) in [5, 5.41) is 8.61. The first-order valence-electron chi connectivity index (χ1n) is 9.46. The molecule has 4 rings (SSSR count). The van der Waals surface area contributed by atoms with Crippen LogP contribution >= 0.6 is 11.3 Å². The Balaban J connectivity index is 1.41. The molecular formula is C22H22N4O2S. The Morgan fingerprint density at radius 3 is 2.66 bits per heavy atom. The SMILES string of the molecule is CNC(=O)c1ccc(NC(=O)CN2CCc3cc(-c4csc(C)n4)ccc32)cc1. The summed E-state index contributed by atoms with van der Waals surface area (Å²) < 4.78 is 0. The molecule has 0 saturated carbocycles. The minimum Gasteiger partial charge on any atom is -0.362 e. The Hall–Kier alpha value is -3.19. The molecule has 0 fully saturated rings. The lowest BCUT2D eigenvalue weighted by atomic mass is 10.1. The summed E-state index contributed by atoms with van der Waals surface area (Å²) in [4.78, 5) is 30.8. The molecule has 3 aromatic rings. The van der Waals surface area contributed by atoms with Crippen LogP contribution in [0, 0.1) is 6.92 Å². The van der Waals surface area contributed by atoms with Crippen LogP contribution in [0.5, 0.6) is 0 Å². The van der Waals surface area contributed by atoms with E-state index >= 15 is 0 Å². The average Bonchev–Trinajstić information content (AvgIpc) is 3.34. The van der Waals surface area contributed by atoms with Crippen LogP contribution in [-0.4, -0.2) is 36.9 Å². The minimum absolute atomic E-state index is 0.0789. The van der Waals surface area contributed by atoms with Crippen LogP contribution in [0.1, 0.15) is 20.9 Å². The topological polar surface area (TPSA) is 74.3 Å². The number of aryl methyl sites for hydroxylation is 1. The lowest BCUT2D eigenvalue weighted by Gasteiger charge is -2.19. The molecule has 29 heavy (non-hydrogen) atoms. The van der Waals surface area contributed by atoms with Crippen LogP contribution in [-0.2, 0) is 11.2 Å². The molecule has 0 bridgehead atoms. The number of rotatable bonds is 5. The average molecular weight is 407 g/mol. The molecule has 0 spiro atoms. The van der Waals surface area contributed by atoms with Crippen LogP contribution in [0.2, 0.25) is 0 Å². The smallest absolute Gasteiger partial charge is 0.251 e. The molecule has 2 N–H and O–H groups in total. The number of amides is 2. The summed E-state index contributed by atoms with van der Waals surface area (Å²) in [6.45, 7) is 3.12. The zero-order valence-corrected chi connectivity index (χ0v) is 17.2. The lowest BCUT2D eigenvalue weighted by molar-refractivity contribution is -0.115. The summed E-state index contributed by atoms with van der Waals surface area (Å²) >= 11 is 1.65. The number of thiazole rings is 1. The highest BCUT2D eigenvalue weighted by molar-refractivity contribution is 7.09. The maximum absolute atomic E-state index is 12.5. The van der Waals surface area contributed by atoms with Crippen LogP contribution in [0.4, 0.5) is 11.4 Å². The quantitative estimate of drug-likeness (QED) is 0.680. The molecule has 0 aliphatic carbocycles. The molecule has 7 heteroatoms. The van der Waals surface area contributed by atoms with Gasteiger partial charge in [-0.15, -0.1) is 11.3 Å². The van der Waals surface area contributed by atoms with E-state index in [1.165, 1.54) is 5.56 Å². The van der Waals surface area contributed by atoms with Gasteiger partial charge in [-0.1, -0.05) is 6.07 Å². The van der Waals surface area contributed by atoms with Crippen molar-refractivity contribution in [1.29, 1.82) is 0 Å². The Labute approximate surface area is 173 Å².